The lowest BCUT2D eigenvalue weighted by molar-refractivity contribution is -0.135. The second kappa shape index (κ2) is 5.48. The van der Waals surface area contributed by atoms with Gasteiger partial charge in [-0.05, 0) is 33.1 Å². The van der Waals surface area contributed by atoms with Gasteiger partial charge in [-0.25, -0.2) is 4.68 Å². The van der Waals surface area contributed by atoms with E-state index in [9.17, 15) is 4.79 Å². The Morgan fingerprint density at radius 3 is 2.56 bits per heavy atom. The average Bonchev–Trinajstić information content (AvgIpc) is 2.88. The molecular formula is C12H21N5O. The van der Waals surface area contributed by atoms with E-state index < -0.39 is 0 Å². The molecule has 1 saturated heterocycles. The monoisotopic (exact) mass is 251 g/mol. The zero-order valence-electron chi connectivity index (χ0n) is 11.0. The number of nitrogens with zero attached hydrogens (tertiary/aromatic N) is 4. The zero-order chi connectivity index (χ0) is 13.1. The van der Waals surface area contributed by atoms with Gasteiger partial charge in [-0.3, -0.25) is 4.79 Å². The maximum Gasteiger partial charge on any atom is 0.247 e. The standard InChI is InChI=1S/C12H21N5O/c1-9(13)11-8-17(15-14-11)10(2)12(18)16-6-4-3-5-7-16/h8-10H,3-7,13H2,1-2H3. The number of piperidine rings is 1. The van der Waals surface area contributed by atoms with E-state index in [0.717, 1.165) is 25.9 Å². The molecule has 0 radical (unpaired) electrons. The molecule has 2 rings (SSSR count). The molecule has 0 bridgehead atoms. The van der Waals surface area contributed by atoms with Gasteiger partial charge in [0.2, 0.25) is 5.91 Å². The van der Waals surface area contributed by atoms with Gasteiger partial charge < -0.3 is 10.6 Å². The summed E-state index contributed by atoms with van der Waals surface area (Å²) in [6.45, 7) is 5.43. The highest BCUT2D eigenvalue weighted by molar-refractivity contribution is 5.80. The fourth-order valence-corrected chi connectivity index (χ4v) is 2.18. The lowest BCUT2D eigenvalue weighted by Crippen LogP contribution is -2.39. The van der Waals surface area contributed by atoms with E-state index >= 15 is 0 Å². The van der Waals surface area contributed by atoms with Gasteiger partial charge >= 0.3 is 0 Å². The molecule has 2 unspecified atom stereocenters. The summed E-state index contributed by atoms with van der Waals surface area (Å²) in [7, 11) is 0. The SMILES string of the molecule is CC(N)c1cn(C(C)C(=O)N2CCCCC2)nn1. The highest BCUT2D eigenvalue weighted by atomic mass is 16.2. The number of rotatable bonds is 3. The maximum absolute atomic E-state index is 12.3. The van der Waals surface area contributed by atoms with Gasteiger partial charge in [0.15, 0.2) is 0 Å². The first-order chi connectivity index (χ1) is 8.59. The molecule has 2 N–H and O–H groups in total. The third-order valence-corrected chi connectivity index (χ3v) is 3.42. The Labute approximate surface area is 107 Å². The number of nitrogens with two attached hydrogens (primary N) is 1. The number of hydrogen-bond acceptors (Lipinski definition) is 4. The summed E-state index contributed by atoms with van der Waals surface area (Å²) >= 11 is 0. The van der Waals surface area contributed by atoms with Crippen LogP contribution in [0.25, 0.3) is 0 Å². The highest BCUT2D eigenvalue weighted by Crippen LogP contribution is 2.16. The lowest BCUT2D eigenvalue weighted by Gasteiger charge is -2.29. The summed E-state index contributed by atoms with van der Waals surface area (Å²) in [4.78, 5) is 14.2. The van der Waals surface area contributed by atoms with Crippen molar-refractivity contribution < 1.29 is 4.79 Å². The quantitative estimate of drug-likeness (QED) is 0.864. The number of carbonyl (C=O) groups is 1. The van der Waals surface area contributed by atoms with Crippen molar-refractivity contribution in [2.24, 2.45) is 5.73 Å². The minimum absolute atomic E-state index is 0.121. The molecule has 1 aliphatic rings. The van der Waals surface area contributed by atoms with Gasteiger partial charge in [0.1, 0.15) is 6.04 Å². The van der Waals surface area contributed by atoms with Gasteiger partial charge in [-0.15, -0.1) is 5.10 Å². The first-order valence-electron chi connectivity index (χ1n) is 6.55. The van der Waals surface area contributed by atoms with Crippen LogP contribution in [0.15, 0.2) is 6.20 Å². The molecule has 1 aromatic heterocycles. The van der Waals surface area contributed by atoms with Crippen LogP contribution >= 0.6 is 0 Å². The van der Waals surface area contributed by atoms with Crippen molar-refractivity contribution in [3.8, 4) is 0 Å². The molecule has 1 aromatic rings. The summed E-state index contributed by atoms with van der Waals surface area (Å²) in [5, 5.41) is 7.97. The third kappa shape index (κ3) is 2.69. The van der Waals surface area contributed by atoms with Crippen LogP contribution in [0.3, 0.4) is 0 Å². The molecule has 6 nitrogen and oxygen atoms in total. The van der Waals surface area contributed by atoms with Gasteiger partial charge in [0, 0.05) is 19.1 Å². The molecule has 0 saturated carbocycles. The number of aromatic nitrogens is 3. The second-order valence-corrected chi connectivity index (χ2v) is 4.97. The van der Waals surface area contributed by atoms with Crippen molar-refractivity contribution >= 4 is 5.91 Å². The topological polar surface area (TPSA) is 77.0 Å². The van der Waals surface area contributed by atoms with Crippen LogP contribution in [0, 0.1) is 0 Å². The Bertz CT molecular complexity index is 408. The Hall–Kier alpha value is -1.43. The number of amides is 1. The van der Waals surface area contributed by atoms with Crippen molar-refractivity contribution in [3.63, 3.8) is 0 Å². The van der Waals surface area contributed by atoms with Crippen LogP contribution in [0.4, 0.5) is 0 Å². The van der Waals surface area contributed by atoms with Crippen molar-refractivity contribution in [3.05, 3.63) is 11.9 Å². The van der Waals surface area contributed by atoms with E-state index in [1.807, 2.05) is 18.7 Å². The average molecular weight is 251 g/mol. The van der Waals surface area contributed by atoms with Gasteiger partial charge in [-0.2, -0.15) is 0 Å². The van der Waals surface area contributed by atoms with Crippen molar-refractivity contribution in [1.29, 1.82) is 0 Å². The van der Waals surface area contributed by atoms with Crippen LogP contribution in [0.2, 0.25) is 0 Å². The summed E-state index contributed by atoms with van der Waals surface area (Å²) in [6.07, 6.45) is 5.18. The molecule has 100 valence electrons. The van der Waals surface area contributed by atoms with E-state index in [1.54, 1.807) is 10.9 Å². The van der Waals surface area contributed by atoms with Gasteiger partial charge in [-0.1, -0.05) is 5.21 Å². The summed E-state index contributed by atoms with van der Waals surface area (Å²) < 4.78 is 1.61. The Morgan fingerprint density at radius 2 is 2.00 bits per heavy atom. The minimum Gasteiger partial charge on any atom is -0.341 e. The zero-order valence-corrected chi connectivity index (χ0v) is 11.0. The molecule has 0 spiro atoms. The Kier molecular flexibility index (Phi) is 3.96. The van der Waals surface area contributed by atoms with E-state index in [2.05, 4.69) is 10.3 Å². The minimum atomic E-state index is -0.303. The Morgan fingerprint density at radius 1 is 1.33 bits per heavy atom. The second-order valence-electron chi connectivity index (χ2n) is 4.97. The van der Waals surface area contributed by atoms with E-state index in [0.29, 0.717) is 5.69 Å². The molecule has 0 aliphatic carbocycles. The smallest absolute Gasteiger partial charge is 0.247 e. The summed E-state index contributed by atoms with van der Waals surface area (Å²) in [5.41, 5.74) is 6.45. The molecule has 1 aliphatic heterocycles. The number of likely N-dealkylation sites (tertiary alicyclic amines) is 1. The number of hydrogen-bond donors (Lipinski definition) is 1. The molecular weight excluding hydrogens is 230 g/mol. The molecule has 0 aromatic carbocycles. The van der Waals surface area contributed by atoms with Crippen LogP contribution in [-0.4, -0.2) is 38.9 Å². The fraction of sp³-hybridized carbons (Fsp3) is 0.750. The normalized spacial score (nSPS) is 19.6. The van der Waals surface area contributed by atoms with Gasteiger partial charge in [0.25, 0.3) is 0 Å². The molecule has 1 amide bonds. The first-order valence-corrected chi connectivity index (χ1v) is 6.55. The third-order valence-electron chi connectivity index (χ3n) is 3.42. The van der Waals surface area contributed by atoms with Crippen molar-refractivity contribution in [1.82, 2.24) is 19.9 Å². The first kappa shape index (κ1) is 13.0. The molecule has 18 heavy (non-hydrogen) atoms. The van der Waals surface area contributed by atoms with E-state index in [1.165, 1.54) is 6.42 Å². The van der Waals surface area contributed by atoms with Crippen LogP contribution in [0.5, 0.6) is 0 Å². The lowest BCUT2D eigenvalue weighted by atomic mass is 10.1. The fourth-order valence-electron chi connectivity index (χ4n) is 2.18. The molecule has 6 heteroatoms. The van der Waals surface area contributed by atoms with E-state index in [4.69, 9.17) is 5.73 Å². The maximum atomic E-state index is 12.3. The molecule has 1 fully saturated rings. The highest BCUT2D eigenvalue weighted by Gasteiger charge is 2.24. The number of carbonyl (C=O) groups excluding carboxylic acids is 1. The predicted molar refractivity (Wildman–Crippen MR) is 67.8 cm³/mol. The Balaban J connectivity index is 2.04. The molecule has 2 heterocycles. The van der Waals surface area contributed by atoms with Crippen LogP contribution < -0.4 is 5.73 Å². The van der Waals surface area contributed by atoms with E-state index in [-0.39, 0.29) is 18.0 Å². The largest absolute Gasteiger partial charge is 0.341 e. The van der Waals surface area contributed by atoms with Gasteiger partial charge in [0.05, 0.1) is 11.9 Å². The summed E-state index contributed by atoms with van der Waals surface area (Å²) in [6, 6.07) is -0.459. The van der Waals surface area contributed by atoms with Crippen LogP contribution in [0.1, 0.15) is 50.9 Å². The predicted octanol–water partition coefficient (Wildman–Crippen LogP) is 0.871. The molecule has 2 atom stereocenters. The van der Waals surface area contributed by atoms with Crippen molar-refractivity contribution in [2.45, 2.75) is 45.2 Å². The van der Waals surface area contributed by atoms with Crippen LogP contribution in [-0.2, 0) is 4.79 Å². The summed E-state index contributed by atoms with van der Waals surface area (Å²) in [5.74, 6) is 0.121. The van der Waals surface area contributed by atoms with Crippen molar-refractivity contribution in [2.75, 3.05) is 13.1 Å².